The first-order valence-electron chi connectivity index (χ1n) is 4.66. The topological polar surface area (TPSA) is 37.4 Å². The van der Waals surface area contributed by atoms with Gasteiger partial charge in [0.25, 0.3) is 11.8 Å². The molecule has 1 aromatic carbocycles. The van der Waals surface area contributed by atoms with Gasteiger partial charge in [0.05, 0.1) is 11.1 Å². The van der Waals surface area contributed by atoms with Gasteiger partial charge in [-0.25, -0.2) is 0 Å². The molecule has 0 atom stereocenters. The van der Waals surface area contributed by atoms with Crippen LogP contribution in [0.2, 0.25) is 0 Å². The Morgan fingerprint density at radius 2 is 1.67 bits per heavy atom. The molecule has 1 aliphatic heterocycles. The molecule has 0 spiro atoms. The van der Waals surface area contributed by atoms with Crippen LogP contribution in [0.5, 0.6) is 0 Å². The Labute approximate surface area is 152 Å². The third kappa shape index (κ3) is 3.26. The third-order valence-electron chi connectivity index (χ3n) is 2.32. The average Bonchev–Trinajstić information content (AvgIpc) is 2.42. The molecule has 0 unspecified atom stereocenters. The van der Waals surface area contributed by atoms with Crippen LogP contribution in [-0.2, 0) is 0 Å². The summed E-state index contributed by atoms with van der Waals surface area (Å²) in [6.07, 6.45) is -1.50. The maximum atomic E-state index is 12.3. The second kappa shape index (κ2) is 5.76. The van der Waals surface area contributed by atoms with Crippen LogP contribution in [0.1, 0.15) is 20.7 Å². The fraction of sp³-hybridized carbons (Fsp3) is 0.111. The van der Waals surface area contributed by atoms with E-state index in [1.165, 1.54) is 18.2 Å². The van der Waals surface area contributed by atoms with Crippen molar-refractivity contribution in [2.24, 2.45) is 0 Å². The minimum absolute atomic E-state index is 0. The molecule has 1 aliphatic rings. The number of hydrogen-bond acceptors (Lipinski definition) is 2. The van der Waals surface area contributed by atoms with Gasteiger partial charge in [0.15, 0.2) is 0 Å². The predicted molar refractivity (Wildman–Crippen MR) is 58.6 cm³/mol. The second-order valence-corrected chi connectivity index (χ2v) is 4.54. The van der Waals surface area contributed by atoms with Crippen LogP contribution in [0.25, 0.3) is 0 Å². The SMILES string of the molecule is O=C1c2ccc(Br)cc2C(=O)N1C[B-](F)(F)F.[K+]. The van der Waals surface area contributed by atoms with E-state index in [4.69, 9.17) is 0 Å². The number of amides is 2. The monoisotopic (exact) mass is 345 g/mol. The number of carbonyl (C=O) groups excluding carboxylic acids is 2. The molecular weight excluding hydrogens is 341 g/mol. The minimum Gasteiger partial charge on any atom is -0.448 e. The Morgan fingerprint density at radius 3 is 2.22 bits per heavy atom. The van der Waals surface area contributed by atoms with Crippen molar-refractivity contribution in [2.45, 2.75) is 0 Å². The third-order valence-corrected chi connectivity index (χ3v) is 2.82. The Hall–Kier alpha value is 0.331. The number of nitrogens with zero attached hydrogens (tertiary/aromatic N) is 1. The first kappa shape index (κ1) is 16.4. The molecule has 1 aromatic rings. The molecule has 18 heavy (non-hydrogen) atoms. The summed E-state index contributed by atoms with van der Waals surface area (Å²) in [7, 11) is 0. The molecule has 0 saturated carbocycles. The van der Waals surface area contributed by atoms with Gasteiger partial charge in [0, 0.05) is 4.47 Å². The molecule has 0 saturated heterocycles. The van der Waals surface area contributed by atoms with Crippen LogP contribution >= 0.6 is 15.9 Å². The van der Waals surface area contributed by atoms with Crippen molar-refractivity contribution in [1.29, 1.82) is 0 Å². The summed E-state index contributed by atoms with van der Waals surface area (Å²) < 4.78 is 37.3. The summed E-state index contributed by atoms with van der Waals surface area (Å²) >= 11 is 3.09. The van der Waals surface area contributed by atoms with Crippen molar-refractivity contribution in [3.63, 3.8) is 0 Å². The van der Waals surface area contributed by atoms with Crippen molar-refractivity contribution in [3.05, 3.63) is 33.8 Å². The van der Waals surface area contributed by atoms with E-state index >= 15 is 0 Å². The summed E-state index contributed by atoms with van der Waals surface area (Å²) in [5.41, 5.74) is 0.0164. The molecule has 0 N–H and O–H groups in total. The van der Waals surface area contributed by atoms with Crippen LogP contribution in [0.15, 0.2) is 22.7 Å². The first-order chi connectivity index (χ1) is 7.79. The molecule has 1 heterocycles. The smallest absolute Gasteiger partial charge is 0.448 e. The van der Waals surface area contributed by atoms with E-state index in [-0.39, 0.29) is 67.4 Å². The Kier molecular flexibility index (Phi) is 5.24. The molecule has 3 nitrogen and oxygen atoms in total. The first-order valence-corrected chi connectivity index (χ1v) is 5.45. The van der Waals surface area contributed by atoms with Gasteiger partial charge in [-0.2, -0.15) is 0 Å². The second-order valence-electron chi connectivity index (χ2n) is 3.62. The standard InChI is InChI=1S/C9H5BBrF3NO2.K/c11-5-1-2-6-7(3-5)9(17)15(8(6)16)4-10(12,13)14;/h1-3H,4H2;/q-1;+1. The predicted octanol–water partition coefficient (Wildman–Crippen LogP) is -0.564. The fourth-order valence-corrected chi connectivity index (χ4v) is 2.00. The Morgan fingerprint density at radius 1 is 1.11 bits per heavy atom. The number of benzene rings is 1. The molecule has 0 bridgehead atoms. The van der Waals surface area contributed by atoms with E-state index in [1.54, 1.807) is 0 Å². The van der Waals surface area contributed by atoms with Crippen LogP contribution in [-0.4, -0.2) is 30.1 Å². The van der Waals surface area contributed by atoms with E-state index in [0.717, 1.165) is 0 Å². The maximum absolute atomic E-state index is 12.3. The molecule has 0 radical (unpaired) electrons. The number of fused-ring (bicyclic) bond motifs is 1. The number of carbonyl (C=O) groups is 2. The normalized spacial score (nSPS) is 14.6. The van der Waals surface area contributed by atoms with Gasteiger partial charge < -0.3 is 17.8 Å². The summed E-state index contributed by atoms with van der Waals surface area (Å²) in [4.78, 5) is 23.5. The van der Waals surface area contributed by atoms with Crippen molar-refractivity contribution in [2.75, 3.05) is 6.44 Å². The van der Waals surface area contributed by atoms with Gasteiger partial charge in [-0.15, -0.1) is 0 Å². The van der Waals surface area contributed by atoms with Gasteiger partial charge in [-0.3, -0.25) is 9.59 Å². The zero-order valence-corrected chi connectivity index (χ0v) is 14.0. The summed E-state index contributed by atoms with van der Waals surface area (Å²) in [6.45, 7) is -5.22. The van der Waals surface area contributed by atoms with Crippen molar-refractivity contribution in [1.82, 2.24) is 4.90 Å². The molecule has 0 fully saturated rings. The largest absolute Gasteiger partial charge is 1.00 e. The molecule has 0 aliphatic carbocycles. The molecular formula is C9H5BBrF3KNO2. The zero-order valence-electron chi connectivity index (χ0n) is 9.29. The summed E-state index contributed by atoms with van der Waals surface area (Å²) in [5, 5.41) is 0. The molecule has 9 heteroatoms. The summed E-state index contributed by atoms with van der Waals surface area (Å²) in [5.74, 6) is -1.79. The Balaban J connectivity index is 0.00000162. The van der Waals surface area contributed by atoms with E-state index in [2.05, 4.69) is 15.9 Å². The van der Waals surface area contributed by atoms with Gasteiger partial charge in [-0.05, 0) is 24.6 Å². The van der Waals surface area contributed by atoms with Crippen molar-refractivity contribution >= 4 is 34.7 Å². The molecule has 2 rings (SSSR count). The van der Waals surface area contributed by atoms with Crippen LogP contribution in [0.4, 0.5) is 12.9 Å². The number of halogens is 4. The number of imide groups is 1. The molecule has 0 aromatic heterocycles. The quantitative estimate of drug-likeness (QED) is 0.532. The van der Waals surface area contributed by atoms with Gasteiger partial charge in [0.2, 0.25) is 0 Å². The maximum Gasteiger partial charge on any atom is 1.00 e. The van der Waals surface area contributed by atoms with Crippen LogP contribution in [0.3, 0.4) is 0 Å². The zero-order chi connectivity index (χ0) is 12.8. The van der Waals surface area contributed by atoms with Crippen LogP contribution in [0, 0.1) is 0 Å². The summed E-state index contributed by atoms with van der Waals surface area (Å²) in [6, 6.07) is 4.19. The van der Waals surface area contributed by atoms with Crippen molar-refractivity contribution in [3.8, 4) is 0 Å². The van der Waals surface area contributed by atoms with Crippen molar-refractivity contribution < 1.29 is 73.9 Å². The van der Waals surface area contributed by atoms with E-state index in [0.29, 0.717) is 4.47 Å². The van der Waals surface area contributed by atoms with E-state index in [1.807, 2.05) is 0 Å². The minimum atomic E-state index is -5.22. The van der Waals surface area contributed by atoms with Gasteiger partial charge >= 0.3 is 58.4 Å². The van der Waals surface area contributed by atoms with Gasteiger partial charge in [0.1, 0.15) is 0 Å². The fourth-order valence-electron chi connectivity index (χ4n) is 1.64. The number of rotatable bonds is 2. The Bertz CT molecular complexity index is 523. The van der Waals surface area contributed by atoms with Crippen LogP contribution < -0.4 is 51.4 Å². The molecule has 90 valence electrons. The molecule has 2 amide bonds. The average molecular weight is 346 g/mol. The van der Waals surface area contributed by atoms with E-state index in [9.17, 15) is 22.5 Å². The van der Waals surface area contributed by atoms with E-state index < -0.39 is 25.2 Å². The van der Waals surface area contributed by atoms with Gasteiger partial charge in [-0.1, -0.05) is 15.9 Å². The number of hydrogen-bond donors (Lipinski definition) is 0.